The molecule has 1 aliphatic rings. The van der Waals surface area contributed by atoms with Crippen LogP contribution in [0.25, 0.3) is 22.0 Å². The number of benzene rings is 3. The van der Waals surface area contributed by atoms with E-state index >= 15 is 0 Å². The summed E-state index contributed by atoms with van der Waals surface area (Å²) in [6, 6.07) is 18.3. The van der Waals surface area contributed by atoms with Gasteiger partial charge in [-0.15, -0.1) is 0 Å². The van der Waals surface area contributed by atoms with Crippen LogP contribution >= 0.6 is 11.6 Å². The van der Waals surface area contributed by atoms with Crippen LogP contribution in [0.1, 0.15) is 37.7 Å². The van der Waals surface area contributed by atoms with E-state index in [4.69, 9.17) is 16.6 Å². The number of nitrogens with zero attached hydrogens (tertiary/aromatic N) is 2. The van der Waals surface area contributed by atoms with Gasteiger partial charge in [0.1, 0.15) is 0 Å². The predicted molar refractivity (Wildman–Crippen MR) is 142 cm³/mol. The molecule has 0 radical (unpaired) electrons. The van der Waals surface area contributed by atoms with E-state index in [0.717, 1.165) is 27.6 Å². The number of sulfonamides is 1. The summed E-state index contributed by atoms with van der Waals surface area (Å²) in [5, 5.41) is 4.81. The molecule has 1 fully saturated rings. The first-order chi connectivity index (χ1) is 16.9. The lowest BCUT2D eigenvalue weighted by Gasteiger charge is -2.22. The second-order valence-corrected chi connectivity index (χ2v) is 11.2. The zero-order valence-electron chi connectivity index (χ0n) is 19.5. The molecule has 0 aliphatic heterocycles. The molecule has 0 spiro atoms. The monoisotopic (exact) mass is 506 g/mol. The number of aromatic nitrogens is 2. The van der Waals surface area contributed by atoms with Crippen molar-refractivity contribution in [1.29, 1.82) is 0 Å². The highest BCUT2D eigenvalue weighted by Gasteiger charge is 2.16. The predicted octanol–water partition coefficient (Wildman–Crippen LogP) is 6.80. The third kappa shape index (κ3) is 5.41. The molecule has 5 rings (SSSR count). The normalized spacial score (nSPS) is 14.7. The lowest BCUT2D eigenvalue weighted by atomic mass is 9.96. The third-order valence-corrected chi connectivity index (χ3v) is 8.03. The van der Waals surface area contributed by atoms with Crippen molar-refractivity contribution < 1.29 is 8.42 Å². The van der Waals surface area contributed by atoms with Crippen molar-refractivity contribution in [2.24, 2.45) is 0 Å². The molecule has 0 saturated heterocycles. The van der Waals surface area contributed by atoms with Crippen molar-refractivity contribution in [3.63, 3.8) is 0 Å². The maximum Gasteiger partial charge on any atom is 0.261 e. The Morgan fingerprint density at radius 2 is 1.80 bits per heavy atom. The molecular formula is C27H27ClN4O2S. The molecule has 1 saturated carbocycles. The number of rotatable bonds is 6. The van der Waals surface area contributed by atoms with Gasteiger partial charge in [-0.1, -0.05) is 49.1 Å². The molecule has 35 heavy (non-hydrogen) atoms. The molecule has 3 aromatic carbocycles. The zero-order chi connectivity index (χ0) is 24.4. The second-order valence-electron chi connectivity index (χ2n) is 9.04. The Morgan fingerprint density at radius 3 is 2.57 bits per heavy atom. The number of fused-ring (bicyclic) bond motifs is 1. The molecule has 8 heteroatoms. The Morgan fingerprint density at radius 1 is 0.971 bits per heavy atom. The molecule has 0 atom stereocenters. The molecule has 0 amide bonds. The van der Waals surface area contributed by atoms with Gasteiger partial charge in [0.25, 0.3) is 10.0 Å². The Hall–Kier alpha value is -3.16. The zero-order valence-corrected chi connectivity index (χ0v) is 21.0. The minimum atomic E-state index is -3.73. The van der Waals surface area contributed by atoms with Crippen LogP contribution in [0.3, 0.4) is 0 Å². The first-order valence-electron chi connectivity index (χ1n) is 11.8. The van der Waals surface area contributed by atoms with E-state index < -0.39 is 10.0 Å². The van der Waals surface area contributed by atoms with Crippen molar-refractivity contribution in [1.82, 2.24) is 9.97 Å². The molecule has 1 aromatic heterocycles. The average Bonchev–Trinajstić information content (AvgIpc) is 2.84. The van der Waals surface area contributed by atoms with Crippen molar-refractivity contribution in [3.8, 4) is 11.1 Å². The van der Waals surface area contributed by atoms with E-state index in [0.29, 0.717) is 22.7 Å². The Balaban J connectivity index is 1.36. The topological polar surface area (TPSA) is 84.0 Å². The summed E-state index contributed by atoms with van der Waals surface area (Å²) in [6.07, 6.45) is 8.03. The maximum atomic E-state index is 12.7. The molecule has 2 N–H and O–H groups in total. The van der Waals surface area contributed by atoms with E-state index in [-0.39, 0.29) is 4.90 Å². The van der Waals surface area contributed by atoms with Gasteiger partial charge in [0.05, 0.1) is 10.4 Å². The van der Waals surface area contributed by atoms with Crippen molar-refractivity contribution in [2.75, 3.05) is 10.0 Å². The van der Waals surface area contributed by atoms with Crippen LogP contribution in [0.5, 0.6) is 0 Å². The van der Waals surface area contributed by atoms with E-state index in [1.165, 1.54) is 44.2 Å². The number of aryl methyl sites for hydroxylation is 1. The summed E-state index contributed by atoms with van der Waals surface area (Å²) in [5.74, 6) is 0.685. The highest BCUT2D eigenvalue weighted by Crippen LogP contribution is 2.30. The smallest absolute Gasteiger partial charge is 0.261 e. The third-order valence-electron chi connectivity index (χ3n) is 6.41. The van der Waals surface area contributed by atoms with Crippen LogP contribution in [0.2, 0.25) is 5.02 Å². The second kappa shape index (κ2) is 9.84. The Bertz CT molecular complexity index is 1480. The highest BCUT2D eigenvalue weighted by molar-refractivity contribution is 7.92. The highest BCUT2D eigenvalue weighted by atomic mass is 35.5. The van der Waals surface area contributed by atoms with E-state index in [2.05, 4.69) is 21.1 Å². The van der Waals surface area contributed by atoms with E-state index in [1.54, 1.807) is 18.2 Å². The molecule has 180 valence electrons. The van der Waals surface area contributed by atoms with Crippen molar-refractivity contribution >= 4 is 44.2 Å². The molecule has 0 bridgehead atoms. The van der Waals surface area contributed by atoms with E-state index in [1.807, 2.05) is 37.4 Å². The van der Waals surface area contributed by atoms with Crippen LogP contribution in [0, 0.1) is 6.92 Å². The van der Waals surface area contributed by atoms with E-state index in [9.17, 15) is 8.42 Å². The lowest BCUT2D eigenvalue weighted by Crippen LogP contribution is -2.23. The summed E-state index contributed by atoms with van der Waals surface area (Å²) in [7, 11) is -3.73. The van der Waals surface area contributed by atoms with Crippen LogP contribution in [-0.2, 0) is 10.0 Å². The molecule has 1 aliphatic carbocycles. The number of hydrogen-bond donors (Lipinski definition) is 2. The van der Waals surface area contributed by atoms with Crippen molar-refractivity contribution in [3.05, 3.63) is 77.4 Å². The van der Waals surface area contributed by atoms with Crippen LogP contribution < -0.4 is 10.0 Å². The summed E-state index contributed by atoms with van der Waals surface area (Å²) >= 11 is 5.96. The quantitative estimate of drug-likeness (QED) is 0.300. The van der Waals surface area contributed by atoms with Gasteiger partial charge in [-0.3, -0.25) is 4.72 Å². The molecule has 0 unspecified atom stereocenters. The fourth-order valence-electron chi connectivity index (χ4n) is 4.60. The van der Waals surface area contributed by atoms with Gasteiger partial charge in [-0.2, -0.15) is 0 Å². The van der Waals surface area contributed by atoms with Crippen LogP contribution in [0.15, 0.2) is 71.8 Å². The summed E-state index contributed by atoms with van der Waals surface area (Å²) in [4.78, 5) is 9.37. The SMILES string of the molecule is Cc1cc(NS(=O)(=O)c2cccc(Cl)c2)ccc1-c1ccc2nc(NC3CCCCC3)ncc2c1. The van der Waals surface area contributed by atoms with Gasteiger partial charge < -0.3 is 5.32 Å². The molecule has 4 aromatic rings. The fourth-order valence-corrected chi connectivity index (χ4v) is 5.95. The molecule has 6 nitrogen and oxygen atoms in total. The number of hydrogen-bond acceptors (Lipinski definition) is 5. The Labute approximate surface area is 210 Å². The number of anilines is 2. The summed E-state index contributed by atoms with van der Waals surface area (Å²) in [6.45, 7) is 1.96. The largest absolute Gasteiger partial charge is 0.351 e. The summed E-state index contributed by atoms with van der Waals surface area (Å²) in [5.41, 5.74) is 4.38. The van der Waals surface area contributed by atoms with Gasteiger partial charge in [0.2, 0.25) is 5.95 Å². The lowest BCUT2D eigenvalue weighted by molar-refractivity contribution is 0.461. The van der Waals surface area contributed by atoms with Crippen molar-refractivity contribution in [2.45, 2.75) is 50.0 Å². The van der Waals surface area contributed by atoms with Crippen LogP contribution in [-0.4, -0.2) is 24.4 Å². The first kappa shape index (κ1) is 23.6. The minimum Gasteiger partial charge on any atom is -0.351 e. The van der Waals surface area contributed by atoms with Gasteiger partial charge in [0.15, 0.2) is 0 Å². The number of nitrogens with one attached hydrogen (secondary N) is 2. The maximum absolute atomic E-state index is 12.7. The Kier molecular flexibility index (Phi) is 6.62. The van der Waals surface area contributed by atoms with Gasteiger partial charge in [-0.25, -0.2) is 18.4 Å². The van der Waals surface area contributed by atoms with Gasteiger partial charge in [-0.05, 0) is 78.9 Å². The first-order valence-corrected chi connectivity index (χ1v) is 13.7. The van der Waals surface area contributed by atoms with Gasteiger partial charge >= 0.3 is 0 Å². The number of halogens is 1. The molecular weight excluding hydrogens is 480 g/mol. The summed E-state index contributed by atoms with van der Waals surface area (Å²) < 4.78 is 28.1. The average molecular weight is 507 g/mol. The minimum absolute atomic E-state index is 0.124. The fraction of sp³-hybridized carbons (Fsp3) is 0.259. The van der Waals surface area contributed by atoms with Gasteiger partial charge in [0, 0.05) is 28.3 Å². The van der Waals surface area contributed by atoms with Crippen LogP contribution in [0.4, 0.5) is 11.6 Å². The molecule has 1 heterocycles. The standard InChI is InChI=1S/C27H27ClN4O2S/c1-18-14-23(32-35(33,34)24-9-5-6-21(28)16-24)11-12-25(18)19-10-13-26-20(15-19)17-29-27(31-26)30-22-7-3-2-4-8-22/h5-6,9-17,22,32H,2-4,7-8H2,1H3,(H,29,30,31).